The third kappa shape index (κ3) is 1.69. The van der Waals surface area contributed by atoms with Gasteiger partial charge in [-0.05, 0) is 25.0 Å². The summed E-state index contributed by atoms with van der Waals surface area (Å²) < 4.78 is 1.81. The van der Waals surface area contributed by atoms with E-state index in [4.69, 9.17) is 0 Å². The minimum atomic E-state index is -0.0643. The maximum Gasteiger partial charge on any atom is 0.326 e. The van der Waals surface area contributed by atoms with Crippen LogP contribution >= 0.6 is 0 Å². The van der Waals surface area contributed by atoms with Gasteiger partial charge in [-0.2, -0.15) is 0 Å². The van der Waals surface area contributed by atoms with Gasteiger partial charge in [-0.1, -0.05) is 12.1 Å². The molecule has 0 atom stereocenters. The molecule has 1 aromatic heterocycles. The molecular formula is C13H14N2O2. The van der Waals surface area contributed by atoms with Gasteiger partial charge in [0.25, 0.3) is 0 Å². The van der Waals surface area contributed by atoms with Crippen molar-refractivity contribution in [3.05, 3.63) is 34.7 Å². The molecule has 0 bridgehead atoms. The molecule has 3 rings (SSSR count). The van der Waals surface area contributed by atoms with Crippen LogP contribution in [0.1, 0.15) is 31.7 Å². The smallest absolute Gasteiger partial charge is 0.306 e. The molecule has 1 saturated carbocycles. The van der Waals surface area contributed by atoms with Crippen LogP contribution in [0.25, 0.3) is 11.0 Å². The molecule has 1 aromatic carbocycles. The Labute approximate surface area is 98.3 Å². The highest BCUT2D eigenvalue weighted by Crippen LogP contribution is 2.27. The van der Waals surface area contributed by atoms with Gasteiger partial charge in [0.1, 0.15) is 5.78 Å². The van der Waals surface area contributed by atoms with Crippen molar-refractivity contribution >= 4 is 16.8 Å². The lowest BCUT2D eigenvalue weighted by atomic mass is 9.94. The molecule has 1 heterocycles. The fourth-order valence-corrected chi connectivity index (χ4v) is 2.62. The normalized spacial score (nSPS) is 17.8. The molecule has 1 aliphatic carbocycles. The number of benzene rings is 1. The van der Waals surface area contributed by atoms with Crippen molar-refractivity contribution in [3.8, 4) is 0 Å². The molecule has 1 N–H and O–H groups in total. The summed E-state index contributed by atoms with van der Waals surface area (Å²) in [4.78, 5) is 26.0. The van der Waals surface area contributed by atoms with Crippen molar-refractivity contribution in [2.75, 3.05) is 0 Å². The summed E-state index contributed by atoms with van der Waals surface area (Å²) in [5.74, 6) is 0.314. The summed E-state index contributed by atoms with van der Waals surface area (Å²) in [5, 5.41) is 0. The van der Waals surface area contributed by atoms with Crippen LogP contribution in [0.4, 0.5) is 0 Å². The summed E-state index contributed by atoms with van der Waals surface area (Å²) >= 11 is 0. The molecule has 0 radical (unpaired) electrons. The van der Waals surface area contributed by atoms with Crippen LogP contribution in [-0.4, -0.2) is 15.3 Å². The highest BCUT2D eigenvalue weighted by Gasteiger charge is 2.22. The van der Waals surface area contributed by atoms with Crippen molar-refractivity contribution in [2.24, 2.45) is 0 Å². The van der Waals surface area contributed by atoms with Crippen LogP contribution in [0.5, 0.6) is 0 Å². The highest BCUT2D eigenvalue weighted by atomic mass is 16.1. The Bertz CT molecular complexity index is 614. The average Bonchev–Trinajstić information content (AvgIpc) is 2.66. The fourth-order valence-electron chi connectivity index (χ4n) is 2.62. The molecule has 0 spiro atoms. The van der Waals surface area contributed by atoms with E-state index in [1.165, 1.54) is 0 Å². The van der Waals surface area contributed by atoms with Crippen molar-refractivity contribution in [3.63, 3.8) is 0 Å². The number of imidazole rings is 1. The van der Waals surface area contributed by atoms with E-state index in [2.05, 4.69) is 4.98 Å². The number of carbonyl (C=O) groups is 1. The SMILES string of the molecule is O=C1CCC(n2c(=O)[nH]c3ccccc32)CC1. The fraction of sp³-hybridized carbons (Fsp3) is 0.385. The summed E-state index contributed by atoms with van der Waals surface area (Å²) in [7, 11) is 0. The van der Waals surface area contributed by atoms with Crippen LogP contribution in [0.2, 0.25) is 0 Å². The van der Waals surface area contributed by atoms with E-state index in [0.717, 1.165) is 23.9 Å². The molecule has 0 aliphatic heterocycles. The second-order valence-corrected chi connectivity index (χ2v) is 4.59. The molecule has 1 fully saturated rings. The van der Waals surface area contributed by atoms with Crippen molar-refractivity contribution in [1.82, 2.24) is 9.55 Å². The predicted molar refractivity (Wildman–Crippen MR) is 65.1 cm³/mol. The van der Waals surface area contributed by atoms with E-state index < -0.39 is 0 Å². The van der Waals surface area contributed by atoms with Crippen molar-refractivity contribution in [2.45, 2.75) is 31.7 Å². The number of carbonyl (C=O) groups excluding carboxylic acids is 1. The zero-order chi connectivity index (χ0) is 11.8. The van der Waals surface area contributed by atoms with Gasteiger partial charge in [0, 0.05) is 18.9 Å². The summed E-state index contributed by atoms with van der Waals surface area (Å²) in [6.45, 7) is 0. The van der Waals surface area contributed by atoms with E-state index in [0.29, 0.717) is 18.6 Å². The van der Waals surface area contributed by atoms with Gasteiger partial charge < -0.3 is 4.98 Å². The molecule has 0 amide bonds. The first kappa shape index (κ1) is 10.3. The molecule has 0 saturated heterocycles. The topological polar surface area (TPSA) is 54.9 Å². The third-order valence-electron chi connectivity index (χ3n) is 3.50. The number of hydrogen-bond donors (Lipinski definition) is 1. The number of ketones is 1. The molecular weight excluding hydrogens is 216 g/mol. The Morgan fingerprint density at radius 3 is 2.59 bits per heavy atom. The number of hydrogen-bond acceptors (Lipinski definition) is 2. The number of nitrogens with zero attached hydrogens (tertiary/aromatic N) is 1. The second-order valence-electron chi connectivity index (χ2n) is 4.59. The molecule has 88 valence electrons. The number of nitrogens with one attached hydrogen (secondary N) is 1. The second kappa shape index (κ2) is 3.87. The van der Waals surface area contributed by atoms with Crippen LogP contribution < -0.4 is 5.69 Å². The number of Topliss-reactive ketones (excluding diaryl/α,β-unsaturated/α-hetero) is 1. The summed E-state index contributed by atoms with van der Waals surface area (Å²) in [6.07, 6.45) is 2.74. The van der Waals surface area contributed by atoms with E-state index in [1.54, 1.807) is 0 Å². The number of rotatable bonds is 1. The maximum absolute atomic E-state index is 11.9. The van der Waals surface area contributed by atoms with Crippen LogP contribution in [0, 0.1) is 0 Å². The quantitative estimate of drug-likeness (QED) is 0.814. The molecule has 0 unspecified atom stereocenters. The minimum absolute atomic E-state index is 0.0643. The van der Waals surface area contributed by atoms with Gasteiger partial charge in [0.15, 0.2) is 0 Å². The Morgan fingerprint density at radius 2 is 1.82 bits per heavy atom. The number of fused-ring (bicyclic) bond motifs is 1. The van der Waals surface area contributed by atoms with Crippen LogP contribution in [-0.2, 0) is 4.79 Å². The first-order chi connectivity index (χ1) is 8.25. The molecule has 4 nitrogen and oxygen atoms in total. The van der Waals surface area contributed by atoms with Crippen molar-refractivity contribution < 1.29 is 4.79 Å². The Balaban J connectivity index is 2.08. The summed E-state index contributed by atoms with van der Waals surface area (Å²) in [5.41, 5.74) is 1.75. The lowest BCUT2D eigenvalue weighted by molar-refractivity contribution is -0.120. The number of para-hydroxylation sites is 2. The monoisotopic (exact) mass is 230 g/mol. The van der Waals surface area contributed by atoms with Crippen molar-refractivity contribution in [1.29, 1.82) is 0 Å². The highest BCUT2D eigenvalue weighted by molar-refractivity contribution is 5.79. The third-order valence-corrected chi connectivity index (χ3v) is 3.50. The van der Waals surface area contributed by atoms with E-state index in [-0.39, 0.29) is 11.7 Å². The Kier molecular flexibility index (Phi) is 2.35. The molecule has 2 aromatic rings. The Morgan fingerprint density at radius 1 is 1.12 bits per heavy atom. The van der Waals surface area contributed by atoms with E-state index in [9.17, 15) is 9.59 Å². The van der Waals surface area contributed by atoms with Crippen LogP contribution in [0.3, 0.4) is 0 Å². The number of H-pyrrole nitrogens is 1. The number of aromatic nitrogens is 2. The van der Waals surface area contributed by atoms with E-state index in [1.807, 2.05) is 28.8 Å². The van der Waals surface area contributed by atoms with Gasteiger partial charge in [0.2, 0.25) is 0 Å². The van der Waals surface area contributed by atoms with Gasteiger partial charge in [-0.15, -0.1) is 0 Å². The van der Waals surface area contributed by atoms with E-state index >= 15 is 0 Å². The molecule has 1 aliphatic rings. The lowest BCUT2D eigenvalue weighted by Gasteiger charge is -2.22. The Hall–Kier alpha value is -1.84. The maximum atomic E-state index is 11.9. The predicted octanol–water partition coefficient (Wildman–Crippen LogP) is 2.01. The first-order valence-electron chi connectivity index (χ1n) is 5.96. The minimum Gasteiger partial charge on any atom is -0.306 e. The lowest BCUT2D eigenvalue weighted by Crippen LogP contribution is -2.26. The van der Waals surface area contributed by atoms with Gasteiger partial charge in [-0.3, -0.25) is 9.36 Å². The average molecular weight is 230 g/mol. The number of aromatic amines is 1. The van der Waals surface area contributed by atoms with Gasteiger partial charge in [-0.25, -0.2) is 4.79 Å². The van der Waals surface area contributed by atoms with Crippen LogP contribution in [0.15, 0.2) is 29.1 Å². The first-order valence-corrected chi connectivity index (χ1v) is 5.96. The molecule has 4 heteroatoms. The molecule has 17 heavy (non-hydrogen) atoms. The zero-order valence-electron chi connectivity index (χ0n) is 9.48. The van der Waals surface area contributed by atoms with Gasteiger partial charge >= 0.3 is 5.69 Å². The largest absolute Gasteiger partial charge is 0.326 e. The standard InChI is InChI=1S/C13H14N2O2/c16-10-7-5-9(6-8-10)15-12-4-2-1-3-11(12)14-13(15)17/h1-4,9H,5-8H2,(H,14,17). The zero-order valence-corrected chi connectivity index (χ0v) is 9.48. The van der Waals surface area contributed by atoms with Gasteiger partial charge in [0.05, 0.1) is 11.0 Å². The summed E-state index contributed by atoms with van der Waals surface area (Å²) in [6, 6.07) is 7.86.